The largest absolute Gasteiger partial charge is 0.538 e. The molecule has 0 radical (unpaired) electrons. The highest BCUT2D eigenvalue weighted by Gasteiger charge is 1.97. The first-order valence-electron chi connectivity index (χ1n) is 4.23. The van der Waals surface area contributed by atoms with Crippen LogP contribution in [-0.2, 0) is 0 Å². The standard InChI is InChI=1S/C9H9BN2O2/c13-10-14-8-3-4-9(11-7-8)12-5-1-2-6-12/h1-7,10,13H. The summed E-state index contributed by atoms with van der Waals surface area (Å²) >= 11 is 0. The molecule has 0 aliphatic rings. The zero-order valence-corrected chi connectivity index (χ0v) is 7.50. The first-order chi connectivity index (χ1) is 6.90. The zero-order valence-electron chi connectivity index (χ0n) is 7.50. The Morgan fingerprint density at radius 2 is 2.07 bits per heavy atom. The number of hydrogen-bond donors (Lipinski definition) is 1. The van der Waals surface area contributed by atoms with Crippen LogP contribution in [0.25, 0.3) is 5.82 Å². The molecule has 0 amide bonds. The highest BCUT2D eigenvalue weighted by Crippen LogP contribution is 2.11. The molecule has 2 heterocycles. The van der Waals surface area contributed by atoms with Gasteiger partial charge in [0.1, 0.15) is 11.6 Å². The van der Waals surface area contributed by atoms with Gasteiger partial charge in [-0.25, -0.2) is 4.98 Å². The van der Waals surface area contributed by atoms with Gasteiger partial charge in [0.15, 0.2) is 0 Å². The van der Waals surface area contributed by atoms with Crippen molar-refractivity contribution in [2.45, 2.75) is 0 Å². The second-order valence-electron chi connectivity index (χ2n) is 2.72. The average Bonchev–Trinajstić information content (AvgIpc) is 2.72. The first kappa shape index (κ1) is 8.84. The van der Waals surface area contributed by atoms with Gasteiger partial charge in [-0.1, -0.05) is 0 Å². The summed E-state index contributed by atoms with van der Waals surface area (Å²) in [6, 6.07) is 7.45. The molecule has 2 rings (SSSR count). The molecule has 2 aromatic rings. The van der Waals surface area contributed by atoms with Crippen molar-refractivity contribution in [1.29, 1.82) is 0 Å². The van der Waals surface area contributed by atoms with Gasteiger partial charge in [0, 0.05) is 12.4 Å². The molecule has 0 aliphatic heterocycles. The minimum Gasteiger partial charge on any atom is -0.538 e. The molecule has 5 heteroatoms. The van der Waals surface area contributed by atoms with Gasteiger partial charge >= 0.3 is 7.69 Å². The molecule has 0 fully saturated rings. The van der Waals surface area contributed by atoms with E-state index in [1.165, 1.54) is 0 Å². The predicted octanol–water partition coefficient (Wildman–Crippen LogP) is 0.510. The average molecular weight is 188 g/mol. The van der Waals surface area contributed by atoms with Gasteiger partial charge < -0.3 is 14.2 Å². The minimum atomic E-state index is -0.329. The lowest BCUT2D eigenvalue weighted by atomic mass is 10.3. The van der Waals surface area contributed by atoms with Crippen LogP contribution in [0.3, 0.4) is 0 Å². The molecule has 0 bridgehead atoms. The van der Waals surface area contributed by atoms with E-state index >= 15 is 0 Å². The quantitative estimate of drug-likeness (QED) is 0.713. The molecule has 0 saturated heterocycles. The Hall–Kier alpha value is -1.75. The van der Waals surface area contributed by atoms with Crippen molar-refractivity contribution in [3.8, 4) is 11.6 Å². The molecule has 0 aromatic carbocycles. The SMILES string of the molecule is OBOc1ccc(-n2cccc2)nc1. The normalized spacial score (nSPS) is 9.79. The fraction of sp³-hybridized carbons (Fsp3) is 0. The number of rotatable bonds is 3. The summed E-state index contributed by atoms with van der Waals surface area (Å²) in [6.07, 6.45) is 5.40. The van der Waals surface area contributed by atoms with Crippen molar-refractivity contribution in [2.75, 3.05) is 0 Å². The molecule has 0 aliphatic carbocycles. The van der Waals surface area contributed by atoms with Gasteiger partial charge in [-0.15, -0.1) is 0 Å². The maximum Gasteiger partial charge on any atom is 0.504 e. The molecule has 0 spiro atoms. The Morgan fingerprint density at radius 3 is 2.64 bits per heavy atom. The Bertz CT molecular complexity index is 386. The summed E-state index contributed by atoms with van der Waals surface area (Å²) in [6.45, 7) is 0. The van der Waals surface area contributed by atoms with E-state index in [-0.39, 0.29) is 7.69 Å². The maximum atomic E-state index is 8.52. The molecule has 0 atom stereocenters. The number of nitrogens with zero attached hydrogens (tertiary/aromatic N) is 2. The second-order valence-corrected chi connectivity index (χ2v) is 2.72. The summed E-state index contributed by atoms with van der Waals surface area (Å²) in [7, 11) is -0.329. The third-order valence-corrected chi connectivity index (χ3v) is 1.82. The summed E-state index contributed by atoms with van der Waals surface area (Å²) in [5.74, 6) is 1.38. The third kappa shape index (κ3) is 1.77. The van der Waals surface area contributed by atoms with Gasteiger partial charge in [-0.05, 0) is 24.3 Å². The van der Waals surface area contributed by atoms with Crippen LogP contribution < -0.4 is 4.65 Å². The van der Waals surface area contributed by atoms with Gasteiger partial charge in [-0.3, -0.25) is 0 Å². The third-order valence-electron chi connectivity index (χ3n) is 1.82. The topological polar surface area (TPSA) is 47.3 Å². The number of aromatic nitrogens is 2. The Kier molecular flexibility index (Phi) is 2.51. The molecule has 4 nitrogen and oxygen atoms in total. The Balaban J connectivity index is 2.22. The highest BCUT2D eigenvalue weighted by molar-refractivity contribution is 6.17. The molecule has 14 heavy (non-hydrogen) atoms. The highest BCUT2D eigenvalue weighted by atomic mass is 16.5. The summed E-state index contributed by atoms with van der Waals surface area (Å²) in [5.41, 5.74) is 0. The molecule has 0 unspecified atom stereocenters. The molecule has 1 N–H and O–H groups in total. The fourth-order valence-corrected chi connectivity index (χ4v) is 1.17. The van der Waals surface area contributed by atoms with Crippen LogP contribution in [0, 0.1) is 0 Å². The van der Waals surface area contributed by atoms with Crippen LogP contribution in [0.1, 0.15) is 0 Å². The van der Waals surface area contributed by atoms with Crippen LogP contribution in [0.5, 0.6) is 5.75 Å². The van der Waals surface area contributed by atoms with E-state index in [2.05, 4.69) is 4.98 Å². The fourth-order valence-electron chi connectivity index (χ4n) is 1.17. The first-order valence-corrected chi connectivity index (χ1v) is 4.23. The van der Waals surface area contributed by atoms with Gasteiger partial charge in [0.2, 0.25) is 0 Å². The lowest BCUT2D eigenvalue weighted by molar-refractivity contribution is 0.452. The predicted molar refractivity (Wildman–Crippen MR) is 53.6 cm³/mol. The summed E-state index contributed by atoms with van der Waals surface area (Å²) in [5, 5.41) is 8.52. The number of pyridine rings is 1. The van der Waals surface area contributed by atoms with Crippen molar-refractivity contribution in [3.05, 3.63) is 42.9 Å². The summed E-state index contributed by atoms with van der Waals surface area (Å²) < 4.78 is 6.75. The van der Waals surface area contributed by atoms with E-state index in [0.29, 0.717) is 5.75 Å². The molecule has 2 aromatic heterocycles. The van der Waals surface area contributed by atoms with Gasteiger partial charge in [-0.2, -0.15) is 0 Å². The van der Waals surface area contributed by atoms with E-state index in [1.807, 2.05) is 35.2 Å². The monoisotopic (exact) mass is 188 g/mol. The zero-order chi connectivity index (χ0) is 9.80. The molecule has 70 valence electrons. The molecule has 0 saturated carbocycles. The minimum absolute atomic E-state index is 0.329. The van der Waals surface area contributed by atoms with Crippen molar-refractivity contribution in [2.24, 2.45) is 0 Å². The van der Waals surface area contributed by atoms with Crippen LogP contribution >= 0.6 is 0 Å². The van der Waals surface area contributed by atoms with Gasteiger partial charge in [0.05, 0.1) is 6.20 Å². The summed E-state index contributed by atoms with van der Waals surface area (Å²) in [4.78, 5) is 4.17. The van der Waals surface area contributed by atoms with E-state index in [9.17, 15) is 0 Å². The smallest absolute Gasteiger partial charge is 0.504 e. The maximum absolute atomic E-state index is 8.52. The Morgan fingerprint density at radius 1 is 1.29 bits per heavy atom. The second kappa shape index (κ2) is 3.98. The molecular formula is C9H9BN2O2. The van der Waals surface area contributed by atoms with Crippen molar-refractivity contribution >= 4 is 7.69 Å². The van der Waals surface area contributed by atoms with E-state index in [1.54, 1.807) is 12.3 Å². The number of hydrogen-bond acceptors (Lipinski definition) is 3. The van der Waals surface area contributed by atoms with Gasteiger partial charge in [0.25, 0.3) is 0 Å². The van der Waals surface area contributed by atoms with Crippen LogP contribution in [0.2, 0.25) is 0 Å². The van der Waals surface area contributed by atoms with Crippen LogP contribution in [0.15, 0.2) is 42.9 Å². The van der Waals surface area contributed by atoms with E-state index in [4.69, 9.17) is 9.68 Å². The van der Waals surface area contributed by atoms with Crippen LogP contribution in [0.4, 0.5) is 0 Å². The van der Waals surface area contributed by atoms with Crippen molar-refractivity contribution in [3.63, 3.8) is 0 Å². The molecular weight excluding hydrogens is 179 g/mol. The lowest BCUT2D eigenvalue weighted by Crippen LogP contribution is -2.01. The lowest BCUT2D eigenvalue weighted by Gasteiger charge is -2.03. The van der Waals surface area contributed by atoms with Crippen molar-refractivity contribution in [1.82, 2.24) is 9.55 Å². The van der Waals surface area contributed by atoms with E-state index in [0.717, 1.165) is 5.82 Å². The Labute approximate surface area is 82.1 Å². The van der Waals surface area contributed by atoms with E-state index < -0.39 is 0 Å². The van der Waals surface area contributed by atoms with Crippen molar-refractivity contribution < 1.29 is 9.68 Å². The van der Waals surface area contributed by atoms with Crippen LogP contribution in [-0.4, -0.2) is 22.3 Å².